The number of aliphatic hydroxyl groups excluding tert-OH is 1. The van der Waals surface area contributed by atoms with Crippen molar-refractivity contribution in [3.05, 3.63) is 34.9 Å². The van der Waals surface area contributed by atoms with Crippen LogP contribution in [-0.2, 0) is 27.9 Å². The number of halogens is 3. The maximum absolute atomic E-state index is 13.0. The predicted octanol–water partition coefficient (Wildman–Crippen LogP) is 3.73. The zero-order valence-electron chi connectivity index (χ0n) is 17.3. The summed E-state index contributed by atoms with van der Waals surface area (Å²) in [5.74, 6) is -0.0348. The minimum atomic E-state index is -4.56. The van der Waals surface area contributed by atoms with Gasteiger partial charge in [-0.3, -0.25) is 0 Å². The Morgan fingerprint density at radius 3 is 2.66 bits per heavy atom. The molecule has 2 aliphatic heterocycles. The van der Waals surface area contributed by atoms with Crippen LogP contribution in [0, 0.1) is 0 Å². The second-order valence-corrected chi connectivity index (χ2v) is 8.67. The van der Waals surface area contributed by atoms with E-state index in [2.05, 4.69) is 15.5 Å². The van der Waals surface area contributed by atoms with Crippen LogP contribution in [0.5, 0.6) is 5.75 Å². The van der Waals surface area contributed by atoms with Crippen molar-refractivity contribution in [3.8, 4) is 17.0 Å². The number of phenols is 1. The van der Waals surface area contributed by atoms with Crippen molar-refractivity contribution in [1.82, 2.24) is 10.2 Å². The van der Waals surface area contributed by atoms with Gasteiger partial charge in [0.2, 0.25) is 0 Å². The molecule has 3 atom stereocenters. The summed E-state index contributed by atoms with van der Waals surface area (Å²) in [4.78, 5) is 0. The van der Waals surface area contributed by atoms with Crippen molar-refractivity contribution >= 4 is 5.82 Å². The lowest BCUT2D eigenvalue weighted by atomic mass is 9.88. The molecule has 3 heterocycles. The molecule has 3 N–H and O–H groups in total. The second kappa shape index (κ2) is 7.86. The van der Waals surface area contributed by atoms with Crippen LogP contribution in [0.2, 0.25) is 0 Å². The van der Waals surface area contributed by atoms with Gasteiger partial charge in [-0.05, 0) is 31.0 Å². The molecule has 7 nitrogen and oxygen atoms in total. The molecule has 32 heavy (non-hydrogen) atoms. The fourth-order valence-electron chi connectivity index (χ4n) is 4.92. The number of rotatable bonds is 3. The fraction of sp³-hybridized carbons (Fsp3) is 0.545. The Balaban J connectivity index is 1.59. The highest BCUT2D eigenvalue weighted by Gasteiger charge is 2.48. The standard InChI is InChI=1S/C22H24F3N3O4/c23-22(24,25)12-5-6-13(17(30)9-12)19-14-10-32-21(7-8-31-11-21)18(14)20(28-27-19)26-15-3-1-2-4-16(15)29/h5-6,9,15-16,29-30H,1-4,7-8,10-11H2,(H,26,28)/t15-,16-,21-/m1/s1. The fourth-order valence-corrected chi connectivity index (χ4v) is 4.92. The van der Waals surface area contributed by atoms with E-state index >= 15 is 0 Å². The highest BCUT2D eigenvalue weighted by Crippen LogP contribution is 2.49. The van der Waals surface area contributed by atoms with Crippen molar-refractivity contribution < 1.29 is 32.9 Å². The molecule has 5 rings (SSSR count). The van der Waals surface area contributed by atoms with Gasteiger partial charge in [-0.1, -0.05) is 12.8 Å². The van der Waals surface area contributed by atoms with E-state index in [1.165, 1.54) is 6.07 Å². The van der Waals surface area contributed by atoms with Crippen LogP contribution in [0.25, 0.3) is 11.3 Å². The van der Waals surface area contributed by atoms with Gasteiger partial charge in [0, 0.05) is 29.7 Å². The molecular weight excluding hydrogens is 427 g/mol. The monoisotopic (exact) mass is 451 g/mol. The van der Waals surface area contributed by atoms with Gasteiger partial charge in [0.05, 0.1) is 30.9 Å². The molecule has 1 aromatic heterocycles. The summed E-state index contributed by atoms with van der Waals surface area (Å²) in [7, 11) is 0. The number of alkyl halides is 3. The van der Waals surface area contributed by atoms with E-state index in [-0.39, 0.29) is 23.9 Å². The van der Waals surface area contributed by atoms with Gasteiger partial charge in [0.1, 0.15) is 17.0 Å². The second-order valence-electron chi connectivity index (χ2n) is 8.67. The molecule has 0 radical (unpaired) electrons. The molecular formula is C22H24F3N3O4. The maximum atomic E-state index is 13.0. The number of nitrogens with zero attached hydrogens (tertiary/aromatic N) is 2. The van der Waals surface area contributed by atoms with E-state index in [4.69, 9.17) is 9.47 Å². The Kier molecular flexibility index (Phi) is 5.26. The van der Waals surface area contributed by atoms with Gasteiger partial charge in [-0.2, -0.15) is 13.2 Å². The van der Waals surface area contributed by atoms with Gasteiger partial charge < -0.3 is 25.0 Å². The number of hydrogen-bond donors (Lipinski definition) is 3. The maximum Gasteiger partial charge on any atom is 0.416 e. The van der Waals surface area contributed by atoms with E-state index in [0.29, 0.717) is 43.5 Å². The Morgan fingerprint density at radius 2 is 1.97 bits per heavy atom. The first-order chi connectivity index (χ1) is 15.3. The summed E-state index contributed by atoms with van der Waals surface area (Å²) in [5.41, 5.74) is 0.175. The van der Waals surface area contributed by atoms with Crippen molar-refractivity contribution in [2.75, 3.05) is 18.5 Å². The summed E-state index contributed by atoms with van der Waals surface area (Å²) in [6.45, 7) is 1.01. The van der Waals surface area contributed by atoms with E-state index < -0.39 is 29.2 Å². The van der Waals surface area contributed by atoms with Gasteiger partial charge in [-0.25, -0.2) is 0 Å². The lowest BCUT2D eigenvalue weighted by Gasteiger charge is -2.31. The van der Waals surface area contributed by atoms with Crippen LogP contribution in [0.1, 0.15) is 48.8 Å². The zero-order chi connectivity index (χ0) is 22.5. The average molecular weight is 451 g/mol. The third-order valence-electron chi connectivity index (χ3n) is 6.64. The molecule has 1 saturated carbocycles. The molecule has 0 bridgehead atoms. The summed E-state index contributed by atoms with van der Waals surface area (Å²) in [6.07, 6.45) is -1.00. The number of hydrogen-bond acceptors (Lipinski definition) is 7. The summed E-state index contributed by atoms with van der Waals surface area (Å²) >= 11 is 0. The topological polar surface area (TPSA) is 96.7 Å². The SMILES string of the molecule is Oc1cc(C(F)(F)F)ccc1-c1nnc(N[C@@H]2CCCC[C@H]2O)c2c1CO[C@@]21CCOC1. The van der Waals surface area contributed by atoms with Crippen molar-refractivity contribution in [2.45, 2.75) is 62.6 Å². The predicted molar refractivity (Wildman–Crippen MR) is 108 cm³/mol. The van der Waals surface area contributed by atoms with Crippen molar-refractivity contribution in [1.29, 1.82) is 0 Å². The molecule has 172 valence electrons. The Bertz CT molecular complexity index is 1020. The highest BCUT2D eigenvalue weighted by molar-refractivity contribution is 5.74. The number of fused-ring (bicyclic) bond motifs is 2. The number of anilines is 1. The molecule has 3 aliphatic rings. The van der Waals surface area contributed by atoms with Crippen LogP contribution < -0.4 is 5.32 Å². The first-order valence-electron chi connectivity index (χ1n) is 10.8. The first-order valence-corrected chi connectivity index (χ1v) is 10.8. The normalized spacial score (nSPS) is 27.6. The number of phenolic OH excluding ortho intramolecular Hbond substituents is 1. The largest absolute Gasteiger partial charge is 0.507 e. The smallest absolute Gasteiger partial charge is 0.416 e. The Labute approximate surface area is 182 Å². The van der Waals surface area contributed by atoms with Crippen LogP contribution >= 0.6 is 0 Å². The lowest BCUT2D eigenvalue weighted by Crippen LogP contribution is -2.38. The zero-order valence-corrected chi connectivity index (χ0v) is 17.3. The molecule has 1 spiro atoms. The highest BCUT2D eigenvalue weighted by atomic mass is 19.4. The quantitative estimate of drug-likeness (QED) is 0.654. The molecule has 2 fully saturated rings. The summed E-state index contributed by atoms with van der Waals surface area (Å²) < 4.78 is 50.8. The van der Waals surface area contributed by atoms with E-state index in [1.54, 1.807) is 0 Å². The van der Waals surface area contributed by atoms with Crippen molar-refractivity contribution in [3.63, 3.8) is 0 Å². The van der Waals surface area contributed by atoms with Crippen LogP contribution in [0.3, 0.4) is 0 Å². The third-order valence-corrected chi connectivity index (χ3v) is 6.64. The van der Waals surface area contributed by atoms with Crippen LogP contribution in [-0.4, -0.2) is 45.8 Å². The van der Waals surface area contributed by atoms with Crippen LogP contribution in [0.15, 0.2) is 18.2 Å². The molecule has 1 aliphatic carbocycles. The van der Waals surface area contributed by atoms with Gasteiger partial charge in [0.25, 0.3) is 0 Å². The first kappa shape index (κ1) is 21.4. The number of nitrogens with one attached hydrogen (secondary N) is 1. The molecule has 0 amide bonds. The van der Waals surface area contributed by atoms with E-state index in [9.17, 15) is 23.4 Å². The minimum absolute atomic E-state index is 0.158. The minimum Gasteiger partial charge on any atom is -0.507 e. The number of benzene rings is 1. The summed E-state index contributed by atoms with van der Waals surface area (Å²) in [5, 5.41) is 32.7. The number of ether oxygens (including phenoxy) is 2. The lowest BCUT2D eigenvalue weighted by molar-refractivity contribution is -0.137. The van der Waals surface area contributed by atoms with Crippen LogP contribution in [0.4, 0.5) is 19.0 Å². The Morgan fingerprint density at radius 1 is 1.16 bits per heavy atom. The molecule has 0 unspecified atom stereocenters. The number of aromatic nitrogens is 2. The van der Waals surface area contributed by atoms with Gasteiger partial charge in [-0.15, -0.1) is 10.2 Å². The molecule has 10 heteroatoms. The molecule has 1 aromatic carbocycles. The number of aliphatic hydroxyl groups is 1. The van der Waals surface area contributed by atoms with Gasteiger partial charge in [0.15, 0.2) is 5.82 Å². The number of aromatic hydroxyl groups is 1. The Hall–Kier alpha value is -2.43. The average Bonchev–Trinajstić information content (AvgIpc) is 3.38. The molecule has 1 saturated heterocycles. The van der Waals surface area contributed by atoms with Crippen molar-refractivity contribution in [2.24, 2.45) is 0 Å². The van der Waals surface area contributed by atoms with Gasteiger partial charge >= 0.3 is 6.18 Å². The summed E-state index contributed by atoms with van der Waals surface area (Å²) in [6, 6.07) is 2.64. The molecule has 2 aromatic rings. The van der Waals surface area contributed by atoms with E-state index in [1.807, 2.05) is 0 Å². The van der Waals surface area contributed by atoms with E-state index in [0.717, 1.165) is 30.9 Å². The third kappa shape index (κ3) is 3.60.